The number of nitrogens with one attached hydrogen (secondary N) is 1. The Kier molecular flexibility index (Phi) is 6.56. The fourth-order valence-corrected chi connectivity index (χ4v) is 1.26. The Hall–Kier alpha value is -1.10. The van der Waals surface area contributed by atoms with Gasteiger partial charge in [-0.2, -0.15) is 0 Å². The molecule has 0 heterocycles. The predicted molar refractivity (Wildman–Crippen MR) is 64.5 cm³/mol. The summed E-state index contributed by atoms with van der Waals surface area (Å²) in [5.41, 5.74) is 5.35. The number of aliphatic hydroxyl groups is 1. The van der Waals surface area contributed by atoms with Crippen molar-refractivity contribution in [3.63, 3.8) is 0 Å². The quantitative estimate of drug-likeness (QED) is 0.558. The second-order valence-corrected chi connectivity index (χ2v) is 3.62. The number of para-hydroxylation sites is 1. The van der Waals surface area contributed by atoms with Gasteiger partial charge in [0.1, 0.15) is 18.5 Å². The van der Waals surface area contributed by atoms with E-state index < -0.39 is 6.10 Å². The summed E-state index contributed by atoms with van der Waals surface area (Å²) in [6.07, 6.45) is 0.435. The normalized spacial score (nSPS) is 12.4. The van der Waals surface area contributed by atoms with Gasteiger partial charge in [0.05, 0.1) is 0 Å². The number of rotatable bonds is 8. The first-order valence-corrected chi connectivity index (χ1v) is 5.59. The molecule has 0 fully saturated rings. The van der Waals surface area contributed by atoms with E-state index in [4.69, 9.17) is 10.5 Å². The minimum atomic E-state index is -0.488. The van der Waals surface area contributed by atoms with Gasteiger partial charge in [-0.1, -0.05) is 18.2 Å². The van der Waals surface area contributed by atoms with Gasteiger partial charge in [-0.05, 0) is 31.6 Å². The van der Waals surface area contributed by atoms with Crippen molar-refractivity contribution in [2.24, 2.45) is 5.73 Å². The highest BCUT2D eigenvalue weighted by atomic mass is 16.5. The molecule has 0 bridgehead atoms. The van der Waals surface area contributed by atoms with Crippen LogP contribution in [0.3, 0.4) is 0 Å². The van der Waals surface area contributed by atoms with Crippen LogP contribution in [0.1, 0.15) is 6.42 Å². The summed E-state index contributed by atoms with van der Waals surface area (Å²) in [6, 6.07) is 9.48. The first kappa shape index (κ1) is 13.0. The molecule has 0 aromatic heterocycles. The van der Waals surface area contributed by atoms with Gasteiger partial charge in [-0.15, -0.1) is 0 Å². The second kappa shape index (κ2) is 8.10. The summed E-state index contributed by atoms with van der Waals surface area (Å²) in [4.78, 5) is 0. The van der Waals surface area contributed by atoms with E-state index in [1.165, 1.54) is 0 Å². The van der Waals surface area contributed by atoms with Crippen LogP contribution in [0.2, 0.25) is 0 Å². The number of hydrogen-bond acceptors (Lipinski definition) is 4. The molecule has 1 unspecified atom stereocenters. The molecule has 1 rings (SSSR count). The van der Waals surface area contributed by atoms with Crippen LogP contribution in [0, 0.1) is 0 Å². The fraction of sp³-hybridized carbons (Fsp3) is 0.500. The zero-order chi connectivity index (χ0) is 11.6. The maximum absolute atomic E-state index is 9.59. The van der Waals surface area contributed by atoms with Crippen LogP contribution >= 0.6 is 0 Å². The number of aliphatic hydroxyl groups excluding tert-OH is 1. The van der Waals surface area contributed by atoms with Gasteiger partial charge in [-0.25, -0.2) is 0 Å². The molecule has 0 spiro atoms. The van der Waals surface area contributed by atoms with E-state index in [1.54, 1.807) is 0 Å². The zero-order valence-corrected chi connectivity index (χ0v) is 9.43. The Morgan fingerprint density at radius 2 is 2.06 bits per heavy atom. The predicted octanol–water partition coefficient (Wildman–Crippen LogP) is 0.365. The molecule has 0 amide bonds. The van der Waals surface area contributed by atoms with Crippen LogP contribution < -0.4 is 15.8 Å². The fourth-order valence-electron chi connectivity index (χ4n) is 1.26. The van der Waals surface area contributed by atoms with Gasteiger partial charge in [0.2, 0.25) is 0 Å². The van der Waals surface area contributed by atoms with Crippen molar-refractivity contribution in [3.05, 3.63) is 30.3 Å². The molecule has 4 N–H and O–H groups in total. The largest absolute Gasteiger partial charge is 0.491 e. The lowest BCUT2D eigenvalue weighted by molar-refractivity contribution is 0.106. The monoisotopic (exact) mass is 224 g/mol. The lowest BCUT2D eigenvalue weighted by Crippen LogP contribution is -2.32. The van der Waals surface area contributed by atoms with E-state index in [0.717, 1.165) is 18.7 Å². The molecule has 0 aliphatic rings. The molecule has 1 aromatic rings. The molecule has 4 heteroatoms. The van der Waals surface area contributed by atoms with Crippen LogP contribution in [-0.2, 0) is 0 Å². The van der Waals surface area contributed by atoms with Gasteiger partial charge < -0.3 is 20.9 Å². The molecule has 0 aliphatic heterocycles. The third-order valence-corrected chi connectivity index (χ3v) is 2.12. The molecular formula is C12H20N2O2. The van der Waals surface area contributed by atoms with E-state index in [9.17, 15) is 5.11 Å². The number of benzene rings is 1. The summed E-state index contributed by atoms with van der Waals surface area (Å²) < 4.78 is 5.41. The third-order valence-electron chi connectivity index (χ3n) is 2.12. The van der Waals surface area contributed by atoms with E-state index in [0.29, 0.717) is 19.7 Å². The van der Waals surface area contributed by atoms with Gasteiger partial charge in [0.25, 0.3) is 0 Å². The molecule has 0 saturated carbocycles. The highest BCUT2D eigenvalue weighted by Gasteiger charge is 2.03. The van der Waals surface area contributed by atoms with Crippen LogP contribution in [0.15, 0.2) is 30.3 Å². The maximum Gasteiger partial charge on any atom is 0.119 e. The van der Waals surface area contributed by atoms with Crippen molar-refractivity contribution >= 4 is 0 Å². The standard InChI is InChI=1S/C12H20N2O2/c13-7-4-8-14-9-11(15)10-16-12-5-2-1-3-6-12/h1-3,5-6,11,14-15H,4,7-10,13H2. The number of ether oxygens (including phenoxy) is 1. The van der Waals surface area contributed by atoms with Crippen LogP contribution in [0.25, 0.3) is 0 Å². The van der Waals surface area contributed by atoms with Crippen molar-refractivity contribution in [1.29, 1.82) is 0 Å². The minimum absolute atomic E-state index is 0.305. The van der Waals surface area contributed by atoms with Gasteiger partial charge >= 0.3 is 0 Å². The smallest absolute Gasteiger partial charge is 0.119 e. The Morgan fingerprint density at radius 1 is 1.31 bits per heavy atom. The van der Waals surface area contributed by atoms with Crippen molar-refractivity contribution < 1.29 is 9.84 Å². The van der Waals surface area contributed by atoms with Gasteiger partial charge in [0, 0.05) is 6.54 Å². The minimum Gasteiger partial charge on any atom is -0.491 e. The Balaban J connectivity index is 2.08. The van der Waals surface area contributed by atoms with E-state index in [-0.39, 0.29) is 0 Å². The lowest BCUT2D eigenvalue weighted by atomic mass is 10.3. The highest BCUT2D eigenvalue weighted by Crippen LogP contribution is 2.08. The van der Waals surface area contributed by atoms with Crippen LogP contribution in [-0.4, -0.2) is 37.5 Å². The third kappa shape index (κ3) is 5.70. The highest BCUT2D eigenvalue weighted by molar-refractivity contribution is 5.20. The van der Waals surface area contributed by atoms with Crippen molar-refractivity contribution in [2.75, 3.05) is 26.2 Å². The molecule has 90 valence electrons. The first-order valence-electron chi connectivity index (χ1n) is 5.59. The maximum atomic E-state index is 9.59. The molecule has 1 atom stereocenters. The average molecular weight is 224 g/mol. The Bertz CT molecular complexity index is 267. The molecule has 0 aliphatic carbocycles. The molecular weight excluding hydrogens is 204 g/mol. The number of nitrogens with two attached hydrogens (primary N) is 1. The summed E-state index contributed by atoms with van der Waals surface area (Å²) in [6.45, 7) is 2.34. The summed E-state index contributed by atoms with van der Waals surface area (Å²) >= 11 is 0. The van der Waals surface area contributed by atoms with E-state index >= 15 is 0 Å². The topological polar surface area (TPSA) is 67.5 Å². The van der Waals surface area contributed by atoms with Crippen molar-refractivity contribution in [3.8, 4) is 5.75 Å². The van der Waals surface area contributed by atoms with Crippen LogP contribution in [0.4, 0.5) is 0 Å². The Morgan fingerprint density at radius 3 is 2.75 bits per heavy atom. The van der Waals surface area contributed by atoms with Crippen LogP contribution in [0.5, 0.6) is 5.75 Å². The lowest BCUT2D eigenvalue weighted by Gasteiger charge is -2.12. The molecule has 16 heavy (non-hydrogen) atoms. The average Bonchev–Trinajstić information content (AvgIpc) is 2.33. The molecule has 0 saturated heterocycles. The van der Waals surface area contributed by atoms with Crippen molar-refractivity contribution in [2.45, 2.75) is 12.5 Å². The molecule has 0 radical (unpaired) electrons. The van der Waals surface area contributed by atoms with E-state index in [1.807, 2.05) is 30.3 Å². The van der Waals surface area contributed by atoms with Crippen molar-refractivity contribution in [1.82, 2.24) is 5.32 Å². The SMILES string of the molecule is NCCCNCC(O)COc1ccccc1. The Labute approximate surface area is 96.4 Å². The summed E-state index contributed by atoms with van der Waals surface area (Å²) in [7, 11) is 0. The molecule has 1 aromatic carbocycles. The summed E-state index contributed by atoms with van der Waals surface area (Å²) in [5, 5.41) is 12.7. The van der Waals surface area contributed by atoms with E-state index in [2.05, 4.69) is 5.32 Å². The second-order valence-electron chi connectivity index (χ2n) is 3.62. The molecule has 4 nitrogen and oxygen atoms in total. The van der Waals surface area contributed by atoms with Gasteiger partial charge in [0.15, 0.2) is 0 Å². The first-order chi connectivity index (χ1) is 7.83. The number of hydrogen-bond donors (Lipinski definition) is 3. The van der Waals surface area contributed by atoms with Gasteiger partial charge in [-0.3, -0.25) is 0 Å². The summed E-state index contributed by atoms with van der Waals surface area (Å²) in [5.74, 6) is 0.781. The zero-order valence-electron chi connectivity index (χ0n) is 9.43.